The number of fused-ring (bicyclic) bond motifs is 3. The van der Waals surface area contributed by atoms with Crippen molar-refractivity contribution in [2.75, 3.05) is 4.90 Å². The first kappa shape index (κ1) is 13.7. The molecule has 23 heavy (non-hydrogen) atoms. The van der Waals surface area contributed by atoms with Gasteiger partial charge in [-0.15, -0.1) is 0 Å². The molecule has 5 nitrogen and oxygen atoms in total. The molecule has 0 N–H and O–H groups in total. The highest BCUT2D eigenvalue weighted by Crippen LogP contribution is 2.38. The summed E-state index contributed by atoms with van der Waals surface area (Å²) in [5, 5.41) is 4.08. The van der Waals surface area contributed by atoms with Crippen molar-refractivity contribution in [2.24, 2.45) is 0 Å². The van der Waals surface area contributed by atoms with Crippen LogP contribution in [0.15, 0.2) is 43.0 Å². The maximum atomic E-state index is 13.2. The van der Waals surface area contributed by atoms with Crippen LogP contribution in [0.3, 0.4) is 0 Å². The van der Waals surface area contributed by atoms with Crippen molar-refractivity contribution >= 4 is 17.5 Å². The number of hydrogen-bond donors (Lipinski definition) is 0. The quantitative estimate of drug-likeness (QED) is 0.692. The van der Waals surface area contributed by atoms with Gasteiger partial charge in [-0.05, 0) is 18.2 Å². The van der Waals surface area contributed by atoms with Gasteiger partial charge in [-0.25, -0.2) is 4.98 Å². The third-order valence-electron chi connectivity index (χ3n) is 3.69. The topological polar surface area (TPSA) is 46.3 Å². The Bertz CT molecular complexity index is 913. The fourth-order valence-electron chi connectivity index (χ4n) is 2.66. The highest BCUT2D eigenvalue weighted by Gasteiger charge is 2.34. The average Bonchev–Trinajstić information content (AvgIpc) is 3.02. The lowest BCUT2D eigenvalue weighted by molar-refractivity contribution is -0.137. The van der Waals surface area contributed by atoms with E-state index in [4.69, 9.17) is 0 Å². The van der Waals surface area contributed by atoms with E-state index < -0.39 is 11.7 Å². The Hall–Kier alpha value is -2.90. The van der Waals surface area contributed by atoms with Gasteiger partial charge < -0.3 is 4.90 Å². The molecule has 2 aromatic heterocycles. The van der Waals surface area contributed by atoms with E-state index in [0.717, 1.165) is 17.3 Å². The van der Waals surface area contributed by atoms with Gasteiger partial charge in [-0.2, -0.15) is 27.8 Å². The normalized spacial score (nSPS) is 14.3. The Morgan fingerprint density at radius 3 is 2.74 bits per heavy atom. The van der Waals surface area contributed by atoms with Gasteiger partial charge in [0, 0.05) is 18.0 Å². The second-order valence-electron chi connectivity index (χ2n) is 5.10. The molecule has 4 rings (SSSR count). The van der Waals surface area contributed by atoms with Crippen molar-refractivity contribution < 1.29 is 13.2 Å². The number of rotatable bonds is 1. The molecule has 0 spiro atoms. The predicted molar refractivity (Wildman–Crippen MR) is 77.4 cm³/mol. The summed E-state index contributed by atoms with van der Waals surface area (Å²) < 4.78 is 41.1. The Balaban J connectivity index is 1.79. The summed E-state index contributed by atoms with van der Waals surface area (Å²) in [6, 6.07) is 5.51. The molecular weight excluding hydrogens is 307 g/mol. The lowest BCUT2D eigenvalue weighted by Gasteiger charge is -2.27. The SMILES string of the molecule is FC(F)(F)c1ccccc1N1C=Cc2c(cnc3ncnn23)C1. The fourth-order valence-corrected chi connectivity index (χ4v) is 2.66. The lowest BCUT2D eigenvalue weighted by atomic mass is 10.1. The zero-order valence-corrected chi connectivity index (χ0v) is 11.7. The molecule has 116 valence electrons. The van der Waals surface area contributed by atoms with E-state index in [1.54, 1.807) is 34.0 Å². The molecule has 3 aromatic rings. The molecule has 0 unspecified atom stereocenters. The highest BCUT2D eigenvalue weighted by molar-refractivity contribution is 5.65. The van der Waals surface area contributed by atoms with Gasteiger partial charge in [0.25, 0.3) is 5.78 Å². The minimum atomic E-state index is -4.40. The van der Waals surface area contributed by atoms with Crippen LogP contribution in [-0.2, 0) is 12.7 Å². The third kappa shape index (κ3) is 2.23. The van der Waals surface area contributed by atoms with Crippen molar-refractivity contribution in [3.8, 4) is 0 Å². The van der Waals surface area contributed by atoms with Crippen LogP contribution in [0.1, 0.15) is 16.8 Å². The van der Waals surface area contributed by atoms with E-state index in [0.29, 0.717) is 5.78 Å². The van der Waals surface area contributed by atoms with Crippen LogP contribution in [0.2, 0.25) is 0 Å². The number of aromatic nitrogens is 4. The molecule has 0 bridgehead atoms. The molecule has 0 radical (unpaired) electrons. The number of para-hydroxylation sites is 1. The summed E-state index contributed by atoms with van der Waals surface area (Å²) in [7, 11) is 0. The van der Waals surface area contributed by atoms with E-state index in [1.165, 1.54) is 18.5 Å². The van der Waals surface area contributed by atoms with Crippen molar-refractivity contribution in [1.29, 1.82) is 0 Å². The number of alkyl halides is 3. The van der Waals surface area contributed by atoms with Crippen molar-refractivity contribution in [3.05, 3.63) is 59.8 Å². The van der Waals surface area contributed by atoms with Crippen LogP contribution in [0.5, 0.6) is 0 Å². The first-order chi connectivity index (χ1) is 11.0. The maximum Gasteiger partial charge on any atom is 0.418 e. The van der Waals surface area contributed by atoms with E-state index in [1.807, 2.05) is 0 Å². The lowest BCUT2D eigenvalue weighted by Crippen LogP contribution is -2.23. The smallest absolute Gasteiger partial charge is 0.343 e. The molecule has 0 fully saturated rings. The molecule has 3 heterocycles. The predicted octanol–water partition coefficient (Wildman–Crippen LogP) is 3.13. The van der Waals surface area contributed by atoms with E-state index in [9.17, 15) is 13.2 Å². The highest BCUT2D eigenvalue weighted by atomic mass is 19.4. The first-order valence-corrected chi connectivity index (χ1v) is 6.83. The molecular formula is C15H10F3N5. The molecule has 0 saturated carbocycles. The summed E-state index contributed by atoms with van der Waals surface area (Å²) in [5.74, 6) is 0.456. The summed E-state index contributed by atoms with van der Waals surface area (Å²) in [6.45, 7) is 0.279. The zero-order chi connectivity index (χ0) is 16.0. The molecule has 1 aromatic carbocycles. The number of halogens is 3. The Kier molecular flexibility index (Phi) is 2.87. The largest absolute Gasteiger partial charge is 0.418 e. The van der Waals surface area contributed by atoms with Gasteiger partial charge in [0.2, 0.25) is 0 Å². The van der Waals surface area contributed by atoms with Gasteiger partial charge in [-0.1, -0.05) is 12.1 Å². The molecule has 8 heteroatoms. The monoisotopic (exact) mass is 317 g/mol. The third-order valence-corrected chi connectivity index (χ3v) is 3.69. The molecule has 0 aliphatic carbocycles. The Morgan fingerprint density at radius 2 is 1.91 bits per heavy atom. The fraction of sp³-hybridized carbons (Fsp3) is 0.133. The van der Waals surface area contributed by atoms with Gasteiger partial charge >= 0.3 is 6.18 Å². The van der Waals surface area contributed by atoms with Crippen LogP contribution < -0.4 is 4.90 Å². The second kappa shape index (κ2) is 4.80. The summed E-state index contributed by atoms with van der Waals surface area (Å²) in [6.07, 6.45) is 1.94. The van der Waals surface area contributed by atoms with Crippen LogP contribution in [0.25, 0.3) is 11.9 Å². The van der Waals surface area contributed by atoms with Gasteiger partial charge in [0.1, 0.15) is 6.33 Å². The zero-order valence-electron chi connectivity index (χ0n) is 11.7. The Labute approximate surface area is 128 Å². The Morgan fingerprint density at radius 1 is 1.09 bits per heavy atom. The van der Waals surface area contributed by atoms with Crippen LogP contribution >= 0.6 is 0 Å². The van der Waals surface area contributed by atoms with E-state index in [2.05, 4.69) is 15.1 Å². The summed E-state index contributed by atoms with van der Waals surface area (Å²) >= 11 is 0. The van der Waals surface area contributed by atoms with E-state index in [-0.39, 0.29) is 12.2 Å². The second-order valence-corrected chi connectivity index (χ2v) is 5.10. The number of hydrogen-bond acceptors (Lipinski definition) is 4. The average molecular weight is 317 g/mol. The standard InChI is InChI=1S/C15H10F3N5/c16-15(17,18)11-3-1-2-4-13(11)22-6-5-12-10(8-22)7-19-14-20-9-21-23(12)14/h1-7,9H,8H2. The van der Waals surface area contributed by atoms with Crippen molar-refractivity contribution in [2.45, 2.75) is 12.7 Å². The first-order valence-electron chi connectivity index (χ1n) is 6.83. The summed E-state index contributed by atoms with van der Waals surface area (Å²) in [4.78, 5) is 9.71. The minimum Gasteiger partial charge on any atom is -0.343 e. The van der Waals surface area contributed by atoms with Crippen LogP contribution in [0.4, 0.5) is 18.9 Å². The van der Waals surface area contributed by atoms with E-state index >= 15 is 0 Å². The van der Waals surface area contributed by atoms with Crippen LogP contribution in [0, 0.1) is 0 Å². The maximum absolute atomic E-state index is 13.2. The van der Waals surface area contributed by atoms with Gasteiger partial charge in [0.15, 0.2) is 0 Å². The number of anilines is 1. The number of benzene rings is 1. The minimum absolute atomic E-state index is 0.112. The molecule has 0 atom stereocenters. The van der Waals surface area contributed by atoms with Crippen LogP contribution in [-0.4, -0.2) is 19.6 Å². The molecule has 0 saturated heterocycles. The molecule has 1 aliphatic heterocycles. The molecule has 1 aliphatic rings. The van der Waals surface area contributed by atoms with Gasteiger partial charge in [0.05, 0.1) is 23.5 Å². The van der Waals surface area contributed by atoms with Crippen molar-refractivity contribution in [3.63, 3.8) is 0 Å². The van der Waals surface area contributed by atoms with Crippen molar-refractivity contribution in [1.82, 2.24) is 19.6 Å². The van der Waals surface area contributed by atoms with Gasteiger partial charge in [-0.3, -0.25) is 0 Å². The summed E-state index contributed by atoms with van der Waals surface area (Å²) in [5.41, 5.74) is 0.999. The number of nitrogens with zero attached hydrogens (tertiary/aromatic N) is 5. The molecule has 0 amide bonds.